The summed E-state index contributed by atoms with van der Waals surface area (Å²) >= 11 is 0. The maximum absolute atomic E-state index is 12.6. The zero-order valence-electron chi connectivity index (χ0n) is 11.8. The van der Waals surface area contributed by atoms with E-state index in [1.807, 2.05) is 0 Å². The van der Waals surface area contributed by atoms with Crippen molar-refractivity contribution in [2.75, 3.05) is 5.32 Å². The zero-order valence-corrected chi connectivity index (χ0v) is 11.8. The summed E-state index contributed by atoms with van der Waals surface area (Å²) < 4.78 is 42.6. The Balaban J connectivity index is 2.11. The Kier molecular flexibility index (Phi) is 4.63. The number of benzene rings is 1. The lowest BCUT2D eigenvalue weighted by Crippen LogP contribution is -2.14. The fourth-order valence-corrected chi connectivity index (χ4v) is 1.70. The molecule has 1 heterocycles. The van der Waals surface area contributed by atoms with E-state index in [0.29, 0.717) is 0 Å². The van der Waals surface area contributed by atoms with Crippen LogP contribution in [0.15, 0.2) is 42.6 Å². The van der Waals surface area contributed by atoms with E-state index in [2.05, 4.69) is 10.3 Å². The van der Waals surface area contributed by atoms with Gasteiger partial charge in [-0.3, -0.25) is 9.59 Å². The number of nitrogens with zero attached hydrogens (tertiary/aromatic N) is 1. The van der Waals surface area contributed by atoms with E-state index in [1.165, 1.54) is 31.2 Å². The van der Waals surface area contributed by atoms with Crippen LogP contribution < -0.4 is 10.1 Å². The molecule has 5 nitrogen and oxygen atoms in total. The van der Waals surface area contributed by atoms with Crippen LogP contribution in [-0.4, -0.2) is 16.9 Å². The zero-order chi connectivity index (χ0) is 17.0. The second kappa shape index (κ2) is 6.47. The first-order valence-electron chi connectivity index (χ1n) is 6.39. The first-order chi connectivity index (χ1) is 10.8. The predicted molar refractivity (Wildman–Crippen MR) is 74.9 cm³/mol. The lowest BCUT2D eigenvalue weighted by atomic mass is 10.2. The van der Waals surface area contributed by atoms with Crippen LogP contribution >= 0.6 is 0 Å². The highest BCUT2D eigenvalue weighted by Gasteiger charge is 2.30. The number of amides is 1. The summed E-state index contributed by atoms with van der Waals surface area (Å²) in [7, 11) is 0. The molecule has 0 bridgehead atoms. The Morgan fingerprint density at radius 3 is 2.35 bits per heavy atom. The molecule has 0 radical (unpaired) electrons. The first kappa shape index (κ1) is 16.5. The van der Waals surface area contributed by atoms with Gasteiger partial charge in [0.05, 0.1) is 5.56 Å². The summed E-state index contributed by atoms with van der Waals surface area (Å²) in [5.41, 5.74) is -0.729. The highest BCUT2D eigenvalue weighted by molar-refractivity contribution is 6.03. The normalized spacial score (nSPS) is 11.0. The first-order valence-corrected chi connectivity index (χ1v) is 6.39. The van der Waals surface area contributed by atoms with Gasteiger partial charge >= 0.3 is 12.1 Å². The monoisotopic (exact) mass is 324 g/mol. The SMILES string of the molecule is CC(=O)Oc1ccc(C(=O)Nc2cc(C(F)(F)F)ccn2)cc1. The quantitative estimate of drug-likeness (QED) is 0.695. The predicted octanol–water partition coefficient (Wildman–Crippen LogP) is 3.28. The number of halogens is 3. The third-order valence-electron chi connectivity index (χ3n) is 2.71. The van der Waals surface area contributed by atoms with Gasteiger partial charge in [0.15, 0.2) is 0 Å². The Hall–Kier alpha value is -2.90. The number of carbonyl (C=O) groups excluding carboxylic acids is 2. The van der Waals surface area contributed by atoms with Gasteiger partial charge in [0.25, 0.3) is 5.91 Å². The lowest BCUT2D eigenvalue weighted by Gasteiger charge is -2.09. The molecule has 0 atom stereocenters. The standard InChI is InChI=1S/C15H11F3N2O3/c1-9(21)23-12-4-2-10(3-5-12)14(22)20-13-8-11(6-7-19-13)15(16,17)18/h2-8H,1H3,(H,19,20,22). The second-order valence-electron chi connectivity index (χ2n) is 4.50. The number of hydrogen-bond donors (Lipinski definition) is 1. The number of alkyl halides is 3. The van der Waals surface area contributed by atoms with E-state index in [4.69, 9.17) is 4.74 Å². The largest absolute Gasteiger partial charge is 0.427 e. The molecule has 0 saturated heterocycles. The number of hydrogen-bond acceptors (Lipinski definition) is 4. The number of aromatic nitrogens is 1. The van der Waals surface area contributed by atoms with Crippen molar-refractivity contribution < 1.29 is 27.5 Å². The Morgan fingerprint density at radius 1 is 1.13 bits per heavy atom. The molecule has 1 amide bonds. The minimum absolute atomic E-state index is 0.181. The molecule has 0 aliphatic carbocycles. The molecular formula is C15H11F3N2O3. The van der Waals surface area contributed by atoms with Crippen LogP contribution in [-0.2, 0) is 11.0 Å². The molecule has 0 saturated carbocycles. The topological polar surface area (TPSA) is 68.3 Å². The molecule has 23 heavy (non-hydrogen) atoms. The lowest BCUT2D eigenvalue weighted by molar-refractivity contribution is -0.137. The molecule has 0 spiro atoms. The van der Waals surface area contributed by atoms with Gasteiger partial charge in [0.2, 0.25) is 0 Å². The number of esters is 1. The van der Waals surface area contributed by atoms with Crippen LogP contribution in [0, 0.1) is 0 Å². The van der Waals surface area contributed by atoms with Crippen molar-refractivity contribution in [3.05, 3.63) is 53.7 Å². The molecule has 0 aliphatic heterocycles. The van der Waals surface area contributed by atoms with Crippen LogP contribution in [0.2, 0.25) is 0 Å². The average Bonchev–Trinajstić information content (AvgIpc) is 2.46. The van der Waals surface area contributed by atoms with E-state index in [-0.39, 0.29) is 17.1 Å². The summed E-state index contributed by atoms with van der Waals surface area (Å²) in [6.45, 7) is 1.24. The highest BCUT2D eigenvalue weighted by atomic mass is 19.4. The van der Waals surface area contributed by atoms with Crippen molar-refractivity contribution in [2.45, 2.75) is 13.1 Å². The van der Waals surface area contributed by atoms with Gasteiger partial charge < -0.3 is 10.1 Å². The number of rotatable bonds is 3. The molecule has 2 aromatic rings. The molecule has 0 aliphatic rings. The van der Waals surface area contributed by atoms with Crippen molar-refractivity contribution in [1.82, 2.24) is 4.98 Å². The van der Waals surface area contributed by atoms with E-state index in [1.54, 1.807) is 0 Å². The Bertz CT molecular complexity index is 727. The average molecular weight is 324 g/mol. The molecule has 120 valence electrons. The van der Waals surface area contributed by atoms with Gasteiger partial charge in [-0.2, -0.15) is 13.2 Å². The third-order valence-corrected chi connectivity index (χ3v) is 2.71. The summed E-state index contributed by atoms with van der Waals surface area (Å²) in [6.07, 6.45) is -3.56. The molecule has 0 fully saturated rings. The van der Waals surface area contributed by atoms with Gasteiger partial charge in [0, 0.05) is 18.7 Å². The van der Waals surface area contributed by atoms with E-state index < -0.39 is 23.6 Å². The number of carbonyl (C=O) groups is 2. The van der Waals surface area contributed by atoms with Gasteiger partial charge in [-0.25, -0.2) is 4.98 Å². The summed E-state index contributed by atoms with van der Waals surface area (Å²) in [4.78, 5) is 26.4. The van der Waals surface area contributed by atoms with Crippen molar-refractivity contribution >= 4 is 17.7 Å². The Morgan fingerprint density at radius 2 is 1.78 bits per heavy atom. The highest BCUT2D eigenvalue weighted by Crippen LogP contribution is 2.30. The summed E-state index contributed by atoms with van der Waals surface area (Å²) in [5.74, 6) is -1.10. The molecule has 0 unspecified atom stereocenters. The third kappa shape index (κ3) is 4.53. The van der Waals surface area contributed by atoms with Crippen LogP contribution in [0.3, 0.4) is 0 Å². The van der Waals surface area contributed by atoms with Gasteiger partial charge in [-0.05, 0) is 36.4 Å². The number of nitrogens with one attached hydrogen (secondary N) is 1. The molecule has 1 aromatic heterocycles. The van der Waals surface area contributed by atoms with Crippen molar-refractivity contribution in [3.8, 4) is 5.75 Å². The van der Waals surface area contributed by atoms with Crippen molar-refractivity contribution in [3.63, 3.8) is 0 Å². The maximum Gasteiger partial charge on any atom is 0.416 e. The van der Waals surface area contributed by atoms with Crippen LogP contribution in [0.4, 0.5) is 19.0 Å². The molecule has 2 rings (SSSR count). The fraction of sp³-hybridized carbons (Fsp3) is 0.133. The second-order valence-corrected chi connectivity index (χ2v) is 4.50. The van der Waals surface area contributed by atoms with Crippen LogP contribution in [0.25, 0.3) is 0 Å². The number of anilines is 1. The van der Waals surface area contributed by atoms with Gasteiger partial charge in [-0.1, -0.05) is 0 Å². The van der Waals surface area contributed by atoms with E-state index in [9.17, 15) is 22.8 Å². The van der Waals surface area contributed by atoms with Crippen molar-refractivity contribution in [2.24, 2.45) is 0 Å². The van der Waals surface area contributed by atoms with Gasteiger partial charge in [-0.15, -0.1) is 0 Å². The van der Waals surface area contributed by atoms with Crippen LogP contribution in [0.1, 0.15) is 22.8 Å². The maximum atomic E-state index is 12.6. The summed E-state index contributed by atoms with van der Waals surface area (Å²) in [6, 6.07) is 7.10. The smallest absolute Gasteiger partial charge is 0.416 e. The number of ether oxygens (including phenoxy) is 1. The minimum Gasteiger partial charge on any atom is -0.427 e. The molecule has 1 N–H and O–H groups in total. The summed E-state index contributed by atoms with van der Waals surface area (Å²) in [5, 5.41) is 2.27. The minimum atomic E-state index is -4.52. The fourth-order valence-electron chi connectivity index (χ4n) is 1.70. The Labute approximate surface area is 129 Å². The van der Waals surface area contributed by atoms with E-state index in [0.717, 1.165) is 18.3 Å². The van der Waals surface area contributed by atoms with E-state index >= 15 is 0 Å². The molecule has 1 aromatic carbocycles. The van der Waals surface area contributed by atoms with Gasteiger partial charge in [0.1, 0.15) is 11.6 Å². The molecular weight excluding hydrogens is 313 g/mol. The van der Waals surface area contributed by atoms with Crippen molar-refractivity contribution in [1.29, 1.82) is 0 Å². The molecule has 8 heteroatoms. The number of pyridine rings is 1. The van der Waals surface area contributed by atoms with Crippen LogP contribution in [0.5, 0.6) is 5.75 Å².